The Hall–Kier alpha value is -1.85. The number of fused-ring (bicyclic) bond motifs is 1. The molecule has 1 aliphatic rings. The van der Waals surface area contributed by atoms with Crippen LogP contribution in [0.3, 0.4) is 0 Å². The number of benzene rings is 1. The zero-order valence-corrected chi connectivity index (χ0v) is 13.5. The van der Waals surface area contributed by atoms with Gasteiger partial charge in [-0.3, -0.25) is 9.78 Å². The van der Waals surface area contributed by atoms with Crippen molar-refractivity contribution < 1.29 is 14.6 Å². The summed E-state index contributed by atoms with van der Waals surface area (Å²) in [5, 5.41) is 10.7. The molecule has 1 aliphatic heterocycles. The van der Waals surface area contributed by atoms with Crippen molar-refractivity contribution in [3.05, 3.63) is 35.5 Å². The number of carbonyl (C=O) groups is 1. The number of amides is 1. The van der Waals surface area contributed by atoms with Gasteiger partial charge in [-0.05, 0) is 43.0 Å². The zero-order chi connectivity index (χ0) is 16.2. The van der Waals surface area contributed by atoms with Crippen LogP contribution in [0.1, 0.15) is 12.8 Å². The zero-order valence-electron chi connectivity index (χ0n) is 12.7. The lowest BCUT2D eigenvalue weighted by Gasteiger charge is -2.31. The normalized spacial score (nSPS) is 18.2. The molecule has 0 bridgehead atoms. The minimum absolute atomic E-state index is 0.0363. The fourth-order valence-corrected chi connectivity index (χ4v) is 3.12. The predicted octanol–water partition coefficient (Wildman–Crippen LogP) is 2.50. The van der Waals surface area contributed by atoms with Crippen LogP contribution in [0.15, 0.2) is 30.5 Å². The number of pyridine rings is 1. The van der Waals surface area contributed by atoms with E-state index in [1.807, 2.05) is 12.1 Å². The first kappa shape index (κ1) is 16.0. The summed E-state index contributed by atoms with van der Waals surface area (Å²) in [5.74, 6) is 0.655. The van der Waals surface area contributed by atoms with Gasteiger partial charge in [-0.1, -0.05) is 11.6 Å². The Morgan fingerprint density at radius 3 is 3.13 bits per heavy atom. The molecule has 1 aromatic heterocycles. The van der Waals surface area contributed by atoms with E-state index in [1.54, 1.807) is 23.2 Å². The largest absolute Gasteiger partial charge is 0.481 e. The molecule has 0 aliphatic carbocycles. The maximum absolute atomic E-state index is 12.3. The molecule has 1 amide bonds. The highest BCUT2D eigenvalue weighted by atomic mass is 35.5. The molecular formula is C17H19ClN2O3. The van der Waals surface area contributed by atoms with Gasteiger partial charge < -0.3 is 14.7 Å². The van der Waals surface area contributed by atoms with Crippen LogP contribution in [0.4, 0.5) is 0 Å². The van der Waals surface area contributed by atoms with Crippen LogP contribution in [0.25, 0.3) is 10.9 Å². The molecule has 2 aromatic rings. The number of halogens is 1. The molecule has 1 saturated heterocycles. The number of aromatic nitrogens is 1. The Morgan fingerprint density at radius 1 is 1.43 bits per heavy atom. The fourth-order valence-electron chi connectivity index (χ4n) is 2.90. The summed E-state index contributed by atoms with van der Waals surface area (Å²) >= 11 is 6.15. The first-order valence-corrected chi connectivity index (χ1v) is 8.11. The van der Waals surface area contributed by atoms with E-state index in [4.69, 9.17) is 16.3 Å². The molecule has 3 rings (SSSR count). The van der Waals surface area contributed by atoms with E-state index in [0.717, 1.165) is 24.8 Å². The van der Waals surface area contributed by atoms with Gasteiger partial charge in [-0.15, -0.1) is 0 Å². The molecule has 0 radical (unpaired) electrons. The SMILES string of the molecule is O=C(COc1ccc(Cl)c2cccnc12)N1CCCC(CO)C1. The number of nitrogens with zero attached hydrogens (tertiary/aromatic N) is 2. The van der Waals surface area contributed by atoms with Crippen molar-refractivity contribution in [1.29, 1.82) is 0 Å². The van der Waals surface area contributed by atoms with Crippen molar-refractivity contribution in [1.82, 2.24) is 9.88 Å². The minimum Gasteiger partial charge on any atom is -0.481 e. The van der Waals surface area contributed by atoms with Crippen LogP contribution < -0.4 is 4.74 Å². The summed E-state index contributed by atoms with van der Waals surface area (Å²) in [4.78, 5) is 18.4. The monoisotopic (exact) mass is 334 g/mol. The van der Waals surface area contributed by atoms with Crippen LogP contribution in [-0.4, -0.2) is 47.2 Å². The molecule has 1 unspecified atom stereocenters. The molecule has 2 heterocycles. The molecule has 122 valence electrons. The minimum atomic E-state index is -0.0674. The number of rotatable bonds is 4. The maximum atomic E-state index is 12.3. The summed E-state index contributed by atoms with van der Waals surface area (Å²) in [7, 11) is 0. The summed E-state index contributed by atoms with van der Waals surface area (Å²) in [6.45, 7) is 1.40. The highest BCUT2D eigenvalue weighted by Crippen LogP contribution is 2.29. The Kier molecular flexibility index (Phi) is 4.98. The third-order valence-corrected chi connectivity index (χ3v) is 4.49. The van der Waals surface area contributed by atoms with Gasteiger partial charge in [0.25, 0.3) is 5.91 Å². The van der Waals surface area contributed by atoms with Crippen molar-refractivity contribution in [2.45, 2.75) is 12.8 Å². The highest BCUT2D eigenvalue weighted by Gasteiger charge is 2.23. The first-order valence-electron chi connectivity index (χ1n) is 7.73. The van der Waals surface area contributed by atoms with E-state index < -0.39 is 0 Å². The van der Waals surface area contributed by atoms with Gasteiger partial charge in [0.2, 0.25) is 0 Å². The number of aliphatic hydroxyl groups excluding tert-OH is 1. The smallest absolute Gasteiger partial charge is 0.260 e. The van der Waals surface area contributed by atoms with Crippen LogP contribution in [0.5, 0.6) is 5.75 Å². The molecule has 0 spiro atoms. The van der Waals surface area contributed by atoms with E-state index >= 15 is 0 Å². The second-order valence-electron chi connectivity index (χ2n) is 5.76. The molecular weight excluding hydrogens is 316 g/mol. The summed E-state index contributed by atoms with van der Waals surface area (Å²) in [5.41, 5.74) is 0.652. The highest BCUT2D eigenvalue weighted by molar-refractivity contribution is 6.35. The van der Waals surface area contributed by atoms with E-state index in [0.29, 0.717) is 22.8 Å². The van der Waals surface area contributed by atoms with Gasteiger partial charge in [0.15, 0.2) is 6.61 Å². The number of hydrogen-bond acceptors (Lipinski definition) is 4. The number of likely N-dealkylation sites (tertiary alicyclic amines) is 1. The average molecular weight is 335 g/mol. The predicted molar refractivity (Wildman–Crippen MR) is 88.6 cm³/mol. The molecule has 6 heteroatoms. The van der Waals surface area contributed by atoms with Crippen LogP contribution >= 0.6 is 11.6 Å². The Labute approximate surface area is 139 Å². The van der Waals surface area contributed by atoms with E-state index in [-0.39, 0.29) is 25.0 Å². The van der Waals surface area contributed by atoms with Gasteiger partial charge in [0.05, 0.1) is 5.02 Å². The summed E-state index contributed by atoms with van der Waals surface area (Å²) in [6.07, 6.45) is 3.55. The second kappa shape index (κ2) is 7.15. The van der Waals surface area contributed by atoms with Crippen molar-refractivity contribution in [2.24, 2.45) is 5.92 Å². The Bertz CT molecular complexity index is 707. The average Bonchev–Trinajstić information content (AvgIpc) is 2.61. The third-order valence-electron chi connectivity index (χ3n) is 4.16. The molecule has 1 N–H and O–H groups in total. The fraction of sp³-hybridized carbons (Fsp3) is 0.412. The molecule has 1 aromatic carbocycles. The van der Waals surface area contributed by atoms with Crippen molar-refractivity contribution in [3.63, 3.8) is 0 Å². The van der Waals surface area contributed by atoms with E-state index in [2.05, 4.69) is 4.98 Å². The van der Waals surface area contributed by atoms with Crippen LogP contribution in [0.2, 0.25) is 5.02 Å². The third kappa shape index (κ3) is 3.57. The molecule has 23 heavy (non-hydrogen) atoms. The molecule has 5 nitrogen and oxygen atoms in total. The lowest BCUT2D eigenvalue weighted by Crippen LogP contribution is -2.43. The van der Waals surface area contributed by atoms with Gasteiger partial charge in [0.1, 0.15) is 11.3 Å². The van der Waals surface area contributed by atoms with Gasteiger partial charge in [0, 0.05) is 31.3 Å². The summed E-state index contributed by atoms with van der Waals surface area (Å²) in [6, 6.07) is 7.16. The summed E-state index contributed by atoms with van der Waals surface area (Å²) < 4.78 is 5.68. The van der Waals surface area contributed by atoms with Crippen molar-refractivity contribution in [2.75, 3.05) is 26.3 Å². The number of ether oxygens (including phenoxy) is 1. The lowest BCUT2D eigenvalue weighted by molar-refractivity contribution is -0.135. The topological polar surface area (TPSA) is 62.7 Å². The van der Waals surface area contributed by atoms with Gasteiger partial charge in [-0.25, -0.2) is 0 Å². The van der Waals surface area contributed by atoms with Crippen LogP contribution in [0, 0.1) is 5.92 Å². The van der Waals surface area contributed by atoms with Gasteiger partial charge in [-0.2, -0.15) is 0 Å². The number of hydrogen-bond donors (Lipinski definition) is 1. The quantitative estimate of drug-likeness (QED) is 0.933. The number of aliphatic hydroxyl groups is 1. The maximum Gasteiger partial charge on any atom is 0.260 e. The van der Waals surface area contributed by atoms with Gasteiger partial charge >= 0.3 is 0 Å². The van der Waals surface area contributed by atoms with Crippen molar-refractivity contribution >= 4 is 28.4 Å². The number of carbonyl (C=O) groups excluding carboxylic acids is 1. The van der Waals surface area contributed by atoms with E-state index in [1.165, 1.54) is 0 Å². The van der Waals surface area contributed by atoms with Crippen LogP contribution in [-0.2, 0) is 4.79 Å². The standard InChI is InChI=1S/C17H19ClN2O3/c18-14-5-6-15(17-13(14)4-1-7-19-17)23-11-16(22)20-8-2-3-12(9-20)10-21/h1,4-7,12,21H,2-3,8-11H2. The first-order chi connectivity index (χ1) is 11.2. The van der Waals surface area contributed by atoms with E-state index in [9.17, 15) is 9.90 Å². The second-order valence-corrected chi connectivity index (χ2v) is 6.17. The Balaban J connectivity index is 1.69. The number of piperidine rings is 1. The Morgan fingerprint density at radius 2 is 2.30 bits per heavy atom. The van der Waals surface area contributed by atoms with Crippen molar-refractivity contribution in [3.8, 4) is 5.75 Å². The molecule has 1 fully saturated rings. The lowest BCUT2D eigenvalue weighted by atomic mass is 9.99. The molecule has 1 atom stereocenters. The molecule has 0 saturated carbocycles.